The minimum Gasteiger partial charge on any atom is -0.238 e. The molecule has 1 aromatic heterocycles. The number of halogens is 1. The summed E-state index contributed by atoms with van der Waals surface area (Å²) in [4.78, 5) is 9.26. The quantitative estimate of drug-likeness (QED) is 0.708. The van der Waals surface area contributed by atoms with E-state index in [2.05, 4.69) is 32.7 Å². The number of aromatic nitrogens is 2. The van der Waals surface area contributed by atoms with E-state index in [9.17, 15) is 0 Å². The van der Waals surface area contributed by atoms with Crippen molar-refractivity contribution >= 4 is 11.6 Å². The summed E-state index contributed by atoms with van der Waals surface area (Å²) in [7, 11) is 0. The topological polar surface area (TPSA) is 25.8 Å². The first-order valence-electron chi connectivity index (χ1n) is 7.99. The molecular formula is C17H27ClN2. The van der Waals surface area contributed by atoms with Crippen LogP contribution < -0.4 is 0 Å². The van der Waals surface area contributed by atoms with Crippen LogP contribution in [0.5, 0.6) is 0 Å². The molecule has 1 aliphatic carbocycles. The fourth-order valence-corrected chi connectivity index (χ4v) is 3.45. The first kappa shape index (κ1) is 15.8. The molecule has 0 amide bonds. The zero-order valence-corrected chi connectivity index (χ0v) is 14.0. The maximum atomic E-state index is 6.18. The van der Waals surface area contributed by atoms with Crippen molar-refractivity contribution in [3.8, 4) is 0 Å². The van der Waals surface area contributed by atoms with Crippen molar-refractivity contribution in [3.05, 3.63) is 22.7 Å². The number of rotatable bonds is 4. The highest BCUT2D eigenvalue weighted by Crippen LogP contribution is 2.37. The molecule has 1 fully saturated rings. The van der Waals surface area contributed by atoms with E-state index in [1.807, 2.05) is 6.07 Å². The zero-order valence-electron chi connectivity index (χ0n) is 13.2. The van der Waals surface area contributed by atoms with Gasteiger partial charge in [-0.25, -0.2) is 9.97 Å². The molecule has 1 heterocycles. The van der Waals surface area contributed by atoms with E-state index in [-0.39, 0.29) is 0 Å². The summed E-state index contributed by atoms with van der Waals surface area (Å²) in [6.45, 7) is 9.09. The highest BCUT2D eigenvalue weighted by Gasteiger charge is 2.26. The molecule has 0 spiro atoms. The first-order valence-corrected chi connectivity index (χ1v) is 8.36. The summed E-state index contributed by atoms with van der Waals surface area (Å²) < 4.78 is 0. The molecule has 0 unspecified atom stereocenters. The van der Waals surface area contributed by atoms with E-state index in [0.717, 1.165) is 29.8 Å². The van der Waals surface area contributed by atoms with Gasteiger partial charge in [0.05, 0.1) is 0 Å². The summed E-state index contributed by atoms with van der Waals surface area (Å²) in [5.41, 5.74) is 1.10. The van der Waals surface area contributed by atoms with Gasteiger partial charge in [-0.3, -0.25) is 0 Å². The van der Waals surface area contributed by atoms with Gasteiger partial charge in [0.1, 0.15) is 11.0 Å². The summed E-state index contributed by atoms with van der Waals surface area (Å²) in [5, 5.41) is 0.608. The third-order valence-electron chi connectivity index (χ3n) is 4.46. The van der Waals surface area contributed by atoms with Crippen LogP contribution in [0.4, 0.5) is 0 Å². The minimum atomic E-state index is 0.509. The third kappa shape index (κ3) is 4.18. The number of hydrogen-bond donors (Lipinski definition) is 0. The van der Waals surface area contributed by atoms with Crippen molar-refractivity contribution in [3.63, 3.8) is 0 Å². The van der Waals surface area contributed by atoms with Crippen LogP contribution in [0.2, 0.25) is 5.15 Å². The van der Waals surface area contributed by atoms with E-state index in [0.29, 0.717) is 17.0 Å². The maximum absolute atomic E-state index is 6.18. The molecule has 0 aromatic carbocycles. The van der Waals surface area contributed by atoms with Crippen LogP contribution in [0.25, 0.3) is 0 Å². The molecule has 0 N–H and O–H groups in total. The van der Waals surface area contributed by atoms with Crippen LogP contribution in [0.1, 0.15) is 70.8 Å². The van der Waals surface area contributed by atoms with Gasteiger partial charge in [0.2, 0.25) is 0 Å². The molecule has 2 nitrogen and oxygen atoms in total. The Morgan fingerprint density at radius 2 is 1.75 bits per heavy atom. The van der Waals surface area contributed by atoms with Gasteiger partial charge >= 0.3 is 0 Å². The molecule has 3 heteroatoms. The van der Waals surface area contributed by atoms with Crippen LogP contribution in [0.3, 0.4) is 0 Å². The van der Waals surface area contributed by atoms with Gasteiger partial charge < -0.3 is 0 Å². The fraction of sp³-hybridized carbons (Fsp3) is 0.765. The average Bonchev–Trinajstić information content (AvgIpc) is 2.37. The largest absolute Gasteiger partial charge is 0.238 e. The van der Waals surface area contributed by atoms with Crippen molar-refractivity contribution in [1.29, 1.82) is 0 Å². The molecule has 1 aromatic rings. The Morgan fingerprint density at radius 1 is 1.10 bits per heavy atom. The molecule has 2 rings (SSSR count). The molecule has 0 bridgehead atoms. The van der Waals surface area contributed by atoms with E-state index in [1.165, 1.54) is 25.7 Å². The van der Waals surface area contributed by atoms with Crippen molar-refractivity contribution in [1.82, 2.24) is 9.97 Å². The lowest BCUT2D eigenvalue weighted by Crippen LogP contribution is -2.19. The summed E-state index contributed by atoms with van der Waals surface area (Å²) in [6.07, 6.45) is 6.01. The highest BCUT2D eigenvalue weighted by molar-refractivity contribution is 6.29. The van der Waals surface area contributed by atoms with Crippen LogP contribution in [0, 0.1) is 17.8 Å². The van der Waals surface area contributed by atoms with Gasteiger partial charge in [0.15, 0.2) is 0 Å². The second-order valence-electron chi connectivity index (χ2n) is 6.99. The SMILES string of the molecule is CC(C)Cc1cc(Cl)nc(C2CCC(C(C)C)CC2)n1. The van der Waals surface area contributed by atoms with E-state index in [1.54, 1.807) is 0 Å². The smallest absolute Gasteiger partial charge is 0.133 e. The van der Waals surface area contributed by atoms with E-state index in [4.69, 9.17) is 16.6 Å². The monoisotopic (exact) mass is 294 g/mol. The Kier molecular flexibility index (Phi) is 5.42. The highest BCUT2D eigenvalue weighted by atomic mass is 35.5. The second kappa shape index (κ2) is 6.89. The van der Waals surface area contributed by atoms with Gasteiger partial charge in [0, 0.05) is 11.6 Å². The van der Waals surface area contributed by atoms with Crippen LogP contribution in [-0.4, -0.2) is 9.97 Å². The third-order valence-corrected chi connectivity index (χ3v) is 4.66. The Hall–Kier alpha value is -0.630. The van der Waals surface area contributed by atoms with Crippen LogP contribution in [0.15, 0.2) is 6.07 Å². The maximum Gasteiger partial charge on any atom is 0.133 e. The summed E-state index contributed by atoms with van der Waals surface area (Å²) in [6, 6.07) is 1.92. The van der Waals surface area contributed by atoms with Crippen molar-refractivity contribution in [2.45, 2.75) is 65.7 Å². The number of hydrogen-bond acceptors (Lipinski definition) is 2. The molecular weight excluding hydrogens is 268 g/mol. The van der Waals surface area contributed by atoms with Gasteiger partial charge in [-0.2, -0.15) is 0 Å². The number of nitrogens with zero attached hydrogens (tertiary/aromatic N) is 2. The van der Waals surface area contributed by atoms with Gasteiger partial charge in [-0.1, -0.05) is 39.3 Å². The summed E-state index contributed by atoms with van der Waals surface area (Å²) in [5.74, 6) is 3.77. The lowest BCUT2D eigenvalue weighted by molar-refractivity contribution is 0.254. The fourth-order valence-electron chi connectivity index (χ4n) is 3.23. The predicted octanol–water partition coefficient (Wildman–Crippen LogP) is 5.26. The van der Waals surface area contributed by atoms with Crippen molar-refractivity contribution in [2.24, 2.45) is 17.8 Å². The molecule has 0 radical (unpaired) electrons. The van der Waals surface area contributed by atoms with Crippen LogP contribution in [-0.2, 0) is 6.42 Å². The second-order valence-corrected chi connectivity index (χ2v) is 7.38. The minimum absolute atomic E-state index is 0.509. The molecule has 0 saturated heterocycles. The molecule has 1 aliphatic rings. The van der Waals surface area contributed by atoms with Gasteiger partial charge in [-0.05, 0) is 55.9 Å². The Balaban J connectivity index is 2.07. The lowest BCUT2D eigenvalue weighted by Gasteiger charge is -2.30. The normalized spacial score (nSPS) is 23.6. The zero-order chi connectivity index (χ0) is 14.7. The van der Waals surface area contributed by atoms with E-state index < -0.39 is 0 Å². The Labute approximate surface area is 128 Å². The molecule has 0 atom stereocenters. The Bertz CT molecular complexity index is 435. The van der Waals surface area contributed by atoms with Gasteiger partial charge in [-0.15, -0.1) is 0 Å². The molecule has 1 saturated carbocycles. The molecule has 0 aliphatic heterocycles. The van der Waals surface area contributed by atoms with Crippen LogP contribution >= 0.6 is 11.6 Å². The lowest BCUT2D eigenvalue weighted by atomic mass is 9.76. The first-order chi connectivity index (χ1) is 9.45. The molecule has 20 heavy (non-hydrogen) atoms. The predicted molar refractivity (Wildman–Crippen MR) is 85.1 cm³/mol. The van der Waals surface area contributed by atoms with Crippen molar-refractivity contribution in [2.75, 3.05) is 0 Å². The average molecular weight is 295 g/mol. The summed E-state index contributed by atoms with van der Waals surface area (Å²) >= 11 is 6.18. The Morgan fingerprint density at radius 3 is 2.30 bits per heavy atom. The standard InChI is InChI=1S/C17H27ClN2/c1-11(2)9-15-10-16(18)20-17(19-15)14-7-5-13(6-8-14)12(3)4/h10-14H,5-9H2,1-4H3. The van der Waals surface area contributed by atoms with E-state index >= 15 is 0 Å². The van der Waals surface area contributed by atoms with Gasteiger partial charge in [0.25, 0.3) is 0 Å². The van der Waals surface area contributed by atoms with Crippen molar-refractivity contribution < 1.29 is 0 Å². The molecule has 112 valence electrons.